The average molecular weight is 383 g/mol. The Morgan fingerprint density at radius 2 is 1.89 bits per heavy atom. The highest BCUT2D eigenvalue weighted by Crippen LogP contribution is 2.29. The van der Waals surface area contributed by atoms with Gasteiger partial charge in [-0.3, -0.25) is 4.79 Å². The summed E-state index contributed by atoms with van der Waals surface area (Å²) in [5, 5.41) is 7.48. The predicted molar refractivity (Wildman–Crippen MR) is 107 cm³/mol. The molecular formula is C22H29N3O3. The zero-order valence-electron chi connectivity index (χ0n) is 17.1. The van der Waals surface area contributed by atoms with Crippen molar-refractivity contribution in [2.75, 3.05) is 6.61 Å². The van der Waals surface area contributed by atoms with Crippen LogP contribution in [-0.2, 0) is 9.53 Å². The summed E-state index contributed by atoms with van der Waals surface area (Å²) < 4.78 is 7.02. The van der Waals surface area contributed by atoms with Crippen molar-refractivity contribution in [2.45, 2.75) is 53.0 Å². The minimum absolute atomic E-state index is 0.152. The smallest absolute Gasteiger partial charge is 0.342 e. The number of benzene rings is 1. The summed E-state index contributed by atoms with van der Waals surface area (Å²) in [6, 6.07) is 9.77. The van der Waals surface area contributed by atoms with Gasteiger partial charge in [-0.1, -0.05) is 44.9 Å². The number of nitrogens with zero attached hydrogens (tertiary/aromatic N) is 2. The van der Waals surface area contributed by atoms with Gasteiger partial charge in [-0.2, -0.15) is 5.10 Å². The van der Waals surface area contributed by atoms with Crippen LogP contribution in [-0.4, -0.2) is 34.3 Å². The van der Waals surface area contributed by atoms with Crippen molar-refractivity contribution in [2.24, 2.45) is 11.8 Å². The first-order chi connectivity index (χ1) is 13.4. The molecular weight excluding hydrogens is 354 g/mol. The van der Waals surface area contributed by atoms with E-state index in [0.29, 0.717) is 28.8 Å². The molecule has 0 saturated heterocycles. The minimum Gasteiger partial charge on any atom is -0.452 e. The highest BCUT2D eigenvalue weighted by atomic mass is 16.5. The third-order valence-electron chi connectivity index (χ3n) is 5.88. The van der Waals surface area contributed by atoms with E-state index in [1.165, 1.54) is 6.42 Å². The molecule has 0 unspecified atom stereocenters. The number of esters is 1. The SMILES string of the molecule is Cc1nn(-c2ccccc2)c(C)c1C(=O)OCC(=O)N[C@@H]1CCC[C@H](C)[C@H]1C. The van der Waals surface area contributed by atoms with E-state index in [9.17, 15) is 9.59 Å². The van der Waals surface area contributed by atoms with Gasteiger partial charge in [-0.15, -0.1) is 0 Å². The number of carbonyl (C=O) groups excluding carboxylic acids is 2. The highest BCUT2D eigenvalue weighted by Gasteiger charge is 2.28. The molecule has 1 aliphatic carbocycles. The van der Waals surface area contributed by atoms with Gasteiger partial charge >= 0.3 is 5.97 Å². The molecule has 1 N–H and O–H groups in total. The summed E-state index contributed by atoms with van der Waals surface area (Å²) in [6.45, 7) is 7.72. The maximum atomic E-state index is 12.6. The van der Waals surface area contributed by atoms with Crippen molar-refractivity contribution >= 4 is 11.9 Å². The van der Waals surface area contributed by atoms with E-state index in [4.69, 9.17) is 4.74 Å². The molecule has 0 bridgehead atoms. The number of rotatable bonds is 5. The summed E-state index contributed by atoms with van der Waals surface area (Å²) in [7, 11) is 0. The molecule has 6 nitrogen and oxygen atoms in total. The van der Waals surface area contributed by atoms with E-state index >= 15 is 0 Å². The monoisotopic (exact) mass is 383 g/mol. The summed E-state index contributed by atoms with van der Waals surface area (Å²) in [4.78, 5) is 24.9. The van der Waals surface area contributed by atoms with Crippen molar-refractivity contribution in [3.8, 4) is 5.69 Å². The van der Waals surface area contributed by atoms with Gasteiger partial charge < -0.3 is 10.1 Å². The lowest BCUT2D eigenvalue weighted by Crippen LogP contribution is -2.45. The van der Waals surface area contributed by atoms with Crippen LogP contribution in [0.2, 0.25) is 0 Å². The molecule has 1 aromatic heterocycles. The first-order valence-corrected chi connectivity index (χ1v) is 9.96. The molecule has 0 aliphatic heterocycles. The number of aryl methyl sites for hydroxylation is 1. The lowest BCUT2D eigenvalue weighted by atomic mass is 9.78. The Kier molecular flexibility index (Phi) is 6.17. The number of ether oxygens (including phenoxy) is 1. The van der Waals surface area contributed by atoms with E-state index in [1.807, 2.05) is 37.3 Å². The maximum absolute atomic E-state index is 12.6. The van der Waals surface area contributed by atoms with Crippen molar-refractivity contribution in [1.29, 1.82) is 0 Å². The Morgan fingerprint density at radius 3 is 2.61 bits per heavy atom. The molecule has 1 aromatic carbocycles. The lowest BCUT2D eigenvalue weighted by molar-refractivity contribution is -0.125. The van der Waals surface area contributed by atoms with Crippen molar-refractivity contribution in [1.82, 2.24) is 15.1 Å². The molecule has 150 valence electrons. The first-order valence-electron chi connectivity index (χ1n) is 9.96. The third kappa shape index (κ3) is 4.26. The molecule has 1 amide bonds. The molecule has 1 aliphatic rings. The number of nitrogens with one attached hydrogen (secondary N) is 1. The second-order valence-corrected chi connectivity index (χ2v) is 7.81. The van der Waals surface area contributed by atoms with Gasteiger partial charge in [-0.25, -0.2) is 9.48 Å². The molecule has 0 spiro atoms. The van der Waals surface area contributed by atoms with Crippen LogP contribution in [0.5, 0.6) is 0 Å². The van der Waals surface area contributed by atoms with Gasteiger partial charge in [0, 0.05) is 6.04 Å². The average Bonchev–Trinajstić information content (AvgIpc) is 2.98. The van der Waals surface area contributed by atoms with Gasteiger partial charge in [0.25, 0.3) is 5.91 Å². The summed E-state index contributed by atoms with van der Waals surface area (Å²) in [6.07, 6.45) is 3.30. The minimum atomic E-state index is -0.516. The molecule has 6 heteroatoms. The fourth-order valence-electron chi connectivity index (χ4n) is 4.00. The fourth-order valence-corrected chi connectivity index (χ4v) is 4.00. The fraction of sp³-hybridized carbons (Fsp3) is 0.500. The van der Waals surface area contributed by atoms with Gasteiger partial charge in [0.1, 0.15) is 5.56 Å². The molecule has 1 saturated carbocycles. The summed E-state index contributed by atoms with van der Waals surface area (Å²) in [5.74, 6) is 0.264. The Hall–Kier alpha value is -2.63. The van der Waals surface area contributed by atoms with E-state index in [-0.39, 0.29) is 18.6 Å². The Morgan fingerprint density at radius 1 is 1.18 bits per heavy atom. The highest BCUT2D eigenvalue weighted by molar-refractivity contribution is 5.93. The van der Waals surface area contributed by atoms with Crippen LogP contribution in [0.15, 0.2) is 30.3 Å². The number of aromatic nitrogens is 2. The molecule has 1 fully saturated rings. The molecule has 3 rings (SSSR count). The van der Waals surface area contributed by atoms with Gasteiger partial charge in [0.05, 0.1) is 17.1 Å². The Balaban J connectivity index is 1.62. The standard InChI is InChI=1S/C22H29N3O3/c1-14-9-8-12-19(15(14)2)23-20(26)13-28-22(27)21-16(3)24-25(17(21)4)18-10-6-5-7-11-18/h5-7,10-11,14-15,19H,8-9,12-13H2,1-4H3,(H,23,26)/t14-,15+,19+/m0/s1. The van der Waals surface area contributed by atoms with Gasteiger partial charge in [0.15, 0.2) is 6.61 Å². The third-order valence-corrected chi connectivity index (χ3v) is 5.88. The van der Waals surface area contributed by atoms with Gasteiger partial charge in [-0.05, 0) is 44.2 Å². The summed E-state index contributed by atoms with van der Waals surface area (Å²) >= 11 is 0. The lowest BCUT2D eigenvalue weighted by Gasteiger charge is -2.34. The molecule has 0 radical (unpaired) electrons. The molecule has 1 heterocycles. The number of carbonyl (C=O) groups is 2. The summed E-state index contributed by atoms with van der Waals surface area (Å²) in [5.41, 5.74) is 2.57. The zero-order valence-corrected chi connectivity index (χ0v) is 17.1. The normalized spacial score (nSPS) is 21.9. The van der Waals surface area contributed by atoms with Crippen molar-refractivity contribution < 1.29 is 14.3 Å². The second kappa shape index (κ2) is 8.59. The van der Waals surface area contributed by atoms with Crippen LogP contribution in [0, 0.1) is 25.7 Å². The van der Waals surface area contributed by atoms with Crippen LogP contribution in [0.3, 0.4) is 0 Å². The van der Waals surface area contributed by atoms with Crippen molar-refractivity contribution in [3.63, 3.8) is 0 Å². The maximum Gasteiger partial charge on any atom is 0.342 e. The van der Waals surface area contributed by atoms with E-state index in [2.05, 4.69) is 24.3 Å². The quantitative estimate of drug-likeness (QED) is 0.801. The van der Waals surface area contributed by atoms with Crippen LogP contribution in [0.1, 0.15) is 54.9 Å². The number of hydrogen-bond acceptors (Lipinski definition) is 4. The molecule has 3 atom stereocenters. The van der Waals surface area contributed by atoms with E-state index in [1.54, 1.807) is 11.6 Å². The molecule has 28 heavy (non-hydrogen) atoms. The number of hydrogen-bond donors (Lipinski definition) is 1. The number of amides is 1. The second-order valence-electron chi connectivity index (χ2n) is 7.81. The zero-order chi connectivity index (χ0) is 20.3. The van der Waals surface area contributed by atoms with Crippen LogP contribution < -0.4 is 5.32 Å². The van der Waals surface area contributed by atoms with Crippen LogP contribution >= 0.6 is 0 Å². The van der Waals surface area contributed by atoms with Gasteiger partial charge in [0.2, 0.25) is 0 Å². The Bertz CT molecular complexity index is 844. The first kappa shape index (κ1) is 20.1. The predicted octanol–water partition coefficient (Wildman–Crippen LogP) is 3.59. The topological polar surface area (TPSA) is 73.2 Å². The Labute approximate surface area is 166 Å². The van der Waals surface area contributed by atoms with E-state index in [0.717, 1.165) is 18.5 Å². The van der Waals surface area contributed by atoms with Crippen LogP contribution in [0.4, 0.5) is 0 Å². The largest absolute Gasteiger partial charge is 0.452 e. The van der Waals surface area contributed by atoms with Crippen molar-refractivity contribution in [3.05, 3.63) is 47.3 Å². The number of para-hydroxylation sites is 1. The van der Waals surface area contributed by atoms with Crippen LogP contribution in [0.25, 0.3) is 5.69 Å². The molecule has 2 aromatic rings. The van der Waals surface area contributed by atoms with E-state index < -0.39 is 5.97 Å².